The number of aromatic nitrogens is 2. The Morgan fingerprint density at radius 1 is 0.895 bits per heavy atom. The standard InChI is InChI=1S/C16H15BrClFN2O.C11H7BrClFN2/c1-16(8-22-9-16)7-21-15-12(4-10(18)5-13(15)17)11-2-3-20-6-14(11)19;12-9-4-6(13)3-8(11(9)15)7-1-2-16-5-10(7)14/h2-6,21H,7-9H2,1H3;1-5H,15H2. The summed E-state index contributed by atoms with van der Waals surface area (Å²) in [6, 6.07) is 10.1. The summed E-state index contributed by atoms with van der Waals surface area (Å²) in [6.07, 6.45) is 5.42. The van der Waals surface area contributed by atoms with Gasteiger partial charge in [0.2, 0.25) is 0 Å². The van der Waals surface area contributed by atoms with Gasteiger partial charge in [-0.05, 0) is 68.3 Å². The predicted molar refractivity (Wildman–Crippen MR) is 157 cm³/mol. The van der Waals surface area contributed by atoms with Gasteiger partial charge in [0.15, 0.2) is 0 Å². The van der Waals surface area contributed by atoms with Gasteiger partial charge in [-0.15, -0.1) is 0 Å². The lowest BCUT2D eigenvalue weighted by Gasteiger charge is -2.38. The normalized spacial score (nSPS) is 13.8. The Morgan fingerprint density at radius 3 is 1.95 bits per heavy atom. The molecule has 1 aliphatic rings. The number of rotatable bonds is 5. The molecule has 38 heavy (non-hydrogen) atoms. The van der Waals surface area contributed by atoms with E-state index in [2.05, 4.69) is 54.1 Å². The Labute approximate surface area is 246 Å². The van der Waals surface area contributed by atoms with Gasteiger partial charge in [-0.2, -0.15) is 0 Å². The first kappa shape index (κ1) is 28.7. The van der Waals surface area contributed by atoms with Gasteiger partial charge in [-0.1, -0.05) is 30.1 Å². The van der Waals surface area contributed by atoms with Gasteiger partial charge in [0.05, 0.1) is 37.0 Å². The van der Waals surface area contributed by atoms with Crippen LogP contribution in [0.15, 0.2) is 70.1 Å². The largest absolute Gasteiger partial charge is 0.397 e. The van der Waals surface area contributed by atoms with Crippen LogP contribution < -0.4 is 11.1 Å². The number of ether oxygens (including phenoxy) is 1. The molecular weight excluding hydrogens is 665 g/mol. The smallest absolute Gasteiger partial charge is 0.149 e. The lowest BCUT2D eigenvalue weighted by atomic mass is 9.88. The summed E-state index contributed by atoms with van der Waals surface area (Å²) in [5.41, 5.74) is 9.36. The molecule has 1 fully saturated rings. The van der Waals surface area contributed by atoms with Crippen molar-refractivity contribution < 1.29 is 13.5 Å². The van der Waals surface area contributed by atoms with Crippen LogP contribution in [-0.4, -0.2) is 29.7 Å². The number of nitrogens with two attached hydrogens (primary N) is 1. The van der Waals surface area contributed by atoms with E-state index in [1.165, 1.54) is 12.4 Å². The summed E-state index contributed by atoms with van der Waals surface area (Å²) in [4.78, 5) is 7.48. The Hall–Kier alpha value is -2.30. The van der Waals surface area contributed by atoms with Gasteiger partial charge >= 0.3 is 0 Å². The molecule has 0 bridgehead atoms. The van der Waals surface area contributed by atoms with Crippen molar-refractivity contribution in [2.24, 2.45) is 5.41 Å². The minimum absolute atomic E-state index is 0.104. The van der Waals surface area contributed by atoms with Crippen molar-refractivity contribution >= 4 is 66.4 Å². The Balaban J connectivity index is 0.000000186. The van der Waals surface area contributed by atoms with E-state index in [0.717, 1.165) is 36.1 Å². The highest BCUT2D eigenvalue weighted by Gasteiger charge is 2.33. The third-order valence-corrected chi connectivity index (χ3v) is 7.59. The maximum atomic E-state index is 14.1. The molecule has 0 atom stereocenters. The Kier molecular flexibility index (Phi) is 9.26. The highest BCUT2D eigenvalue weighted by atomic mass is 79.9. The minimum Gasteiger partial charge on any atom is -0.397 e. The van der Waals surface area contributed by atoms with Crippen LogP contribution in [0.2, 0.25) is 10.0 Å². The van der Waals surface area contributed by atoms with Crippen molar-refractivity contribution in [3.63, 3.8) is 0 Å². The number of halogens is 6. The zero-order valence-electron chi connectivity index (χ0n) is 20.0. The number of hydrogen-bond acceptors (Lipinski definition) is 5. The summed E-state index contributed by atoms with van der Waals surface area (Å²) >= 11 is 18.8. The van der Waals surface area contributed by atoms with Crippen molar-refractivity contribution in [2.75, 3.05) is 30.8 Å². The molecule has 5 nitrogen and oxygen atoms in total. The summed E-state index contributed by atoms with van der Waals surface area (Å²) in [6.45, 7) is 4.35. The van der Waals surface area contributed by atoms with Gasteiger partial charge in [0.1, 0.15) is 11.6 Å². The van der Waals surface area contributed by atoms with Crippen LogP contribution in [0.4, 0.5) is 20.2 Å². The summed E-state index contributed by atoms with van der Waals surface area (Å²) in [7, 11) is 0. The minimum atomic E-state index is -0.427. The second-order valence-corrected chi connectivity index (χ2v) is 11.6. The second kappa shape index (κ2) is 12.3. The summed E-state index contributed by atoms with van der Waals surface area (Å²) < 4.78 is 34.4. The lowest BCUT2D eigenvalue weighted by molar-refractivity contribution is -0.0924. The Morgan fingerprint density at radius 2 is 1.42 bits per heavy atom. The van der Waals surface area contributed by atoms with E-state index < -0.39 is 5.82 Å². The molecule has 0 saturated carbocycles. The molecule has 11 heteroatoms. The van der Waals surface area contributed by atoms with E-state index in [0.29, 0.717) is 42.5 Å². The number of nitrogens with one attached hydrogen (secondary N) is 1. The molecule has 4 aromatic rings. The Bertz CT molecular complexity index is 1470. The van der Waals surface area contributed by atoms with Gasteiger partial charge in [0.25, 0.3) is 0 Å². The number of benzene rings is 2. The van der Waals surface area contributed by atoms with Crippen molar-refractivity contribution in [2.45, 2.75) is 6.92 Å². The van der Waals surface area contributed by atoms with Crippen LogP contribution in [0.25, 0.3) is 22.3 Å². The zero-order chi connectivity index (χ0) is 27.4. The number of nitrogen functional groups attached to an aromatic ring is 1. The highest BCUT2D eigenvalue weighted by molar-refractivity contribution is 9.11. The van der Waals surface area contributed by atoms with Crippen LogP contribution in [0.1, 0.15) is 6.92 Å². The van der Waals surface area contributed by atoms with Crippen LogP contribution in [0.5, 0.6) is 0 Å². The number of nitrogens with zero attached hydrogens (tertiary/aromatic N) is 2. The molecule has 1 aliphatic heterocycles. The number of pyridine rings is 2. The van der Waals surface area contributed by atoms with Crippen molar-refractivity contribution in [3.05, 3.63) is 91.8 Å². The summed E-state index contributed by atoms with van der Waals surface area (Å²) in [5, 5.41) is 4.44. The van der Waals surface area contributed by atoms with E-state index >= 15 is 0 Å². The number of hydrogen-bond donors (Lipinski definition) is 2. The van der Waals surface area contributed by atoms with E-state index in [-0.39, 0.29) is 11.2 Å². The molecule has 0 spiro atoms. The molecule has 5 rings (SSSR count). The maximum absolute atomic E-state index is 14.1. The van der Waals surface area contributed by atoms with Crippen molar-refractivity contribution in [3.8, 4) is 22.3 Å². The second-order valence-electron chi connectivity index (χ2n) is 9.03. The van der Waals surface area contributed by atoms with Crippen LogP contribution in [-0.2, 0) is 4.74 Å². The average Bonchev–Trinajstić information content (AvgIpc) is 2.85. The van der Waals surface area contributed by atoms with E-state index in [1.54, 1.807) is 42.6 Å². The molecular formula is C27H22Br2Cl2F2N4O. The van der Waals surface area contributed by atoms with Gasteiger partial charge in [0, 0.05) is 65.6 Å². The van der Waals surface area contributed by atoms with Crippen molar-refractivity contribution in [1.82, 2.24) is 9.97 Å². The summed E-state index contributed by atoms with van der Waals surface area (Å²) in [5.74, 6) is -0.804. The fraction of sp³-hybridized carbons (Fsp3) is 0.185. The average molecular weight is 687 g/mol. The molecule has 2 aromatic heterocycles. The third-order valence-electron chi connectivity index (χ3n) is 5.87. The highest BCUT2D eigenvalue weighted by Crippen LogP contribution is 2.39. The quantitative estimate of drug-likeness (QED) is 0.206. The molecule has 0 radical (unpaired) electrons. The monoisotopic (exact) mass is 684 g/mol. The molecule has 2 aromatic carbocycles. The van der Waals surface area contributed by atoms with E-state index in [4.69, 9.17) is 33.7 Å². The predicted octanol–water partition coefficient (Wildman–Crippen LogP) is 8.64. The zero-order valence-corrected chi connectivity index (χ0v) is 24.7. The third kappa shape index (κ3) is 6.63. The molecule has 0 amide bonds. The van der Waals surface area contributed by atoms with E-state index in [9.17, 15) is 8.78 Å². The van der Waals surface area contributed by atoms with Gasteiger partial charge in [-0.25, -0.2) is 8.78 Å². The molecule has 3 heterocycles. The SMILES string of the molecule is CC1(CNc2c(Br)cc(Cl)cc2-c2ccncc2F)COC1.Nc1c(Br)cc(Cl)cc1-c1ccncc1F. The van der Waals surface area contributed by atoms with Crippen LogP contribution >= 0.6 is 55.1 Å². The fourth-order valence-corrected chi connectivity index (χ4v) is 5.58. The first-order chi connectivity index (χ1) is 18.1. The lowest BCUT2D eigenvalue weighted by Crippen LogP contribution is -2.45. The van der Waals surface area contributed by atoms with Crippen molar-refractivity contribution in [1.29, 1.82) is 0 Å². The topological polar surface area (TPSA) is 73.1 Å². The first-order valence-corrected chi connectivity index (χ1v) is 13.7. The maximum Gasteiger partial charge on any atom is 0.149 e. The molecule has 0 aliphatic carbocycles. The molecule has 0 unspecified atom stereocenters. The first-order valence-electron chi connectivity index (χ1n) is 11.3. The van der Waals surface area contributed by atoms with Gasteiger partial charge < -0.3 is 15.8 Å². The molecule has 198 valence electrons. The van der Waals surface area contributed by atoms with Gasteiger partial charge in [-0.3, -0.25) is 9.97 Å². The molecule has 3 N–H and O–H groups in total. The fourth-order valence-electron chi connectivity index (χ4n) is 3.81. The van der Waals surface area contributed by atoms with E-state index in [1.807, 2.05) is 0 Å². The van der Waals surface area contributed by atoms with Crippen LogP contribution in [0, 0.1) is 17.0 Å². The molecule has 1 saturated heterocycles. The number of anilines is 2. The van der Waals surface area contributed by atoms with Crippen LogP contribution in [0.3, 0.4) is 0 Å².